The Kier molecular flexibility index (Phi) is 3.03. The number of rotatable bonds is 2. The highest BCUT2D eigenvalue weighted by atomic mass is 15.3. The predicted octanol–water partition coefficient (Wildman–Crippen LogP) is 2.03. The first-order valence-electron chi connectivity index (χ1n) is 6.56. The van der Waals surface area contributed by atoms with Crippen LogP contribution in [0.3, 0.4) is 0 Å². The summed E-state index contributed by atoms with van der Waals surface area (Å²) in [5.74, 6) is 1.64. The van der Waals surface area contributed by atoms with Gasteiger partial charge in [-0.1, -0.05) is 24.3 Å². The van der Waals surface area contributed by atoms with Crippen molar-refractivity contribution in [2.75, 3.05) is 23.7 Å². The summed E-state index contributed by atoms with van der Waals surface area (Å²) < 4.78 is 0. The molecule has 0 amide bonds. The zero-order chi connectivity index (χ0) is 13.2. The fourth-order valence-electron chi connectivity index (χ4n) is 2.38. The van der Waals surface area contributed by atoms with Crippen LogP contribution in [0.25, 0.3) is 11.4 Å². The minimum atomic E-state index is 0.287. The Morgan fingerprint density at radius 2 is 1.79 bits per heavy atom. The smallest absolute Gasteiger partial charge is 0.230 e. The number of anilines is 2. The van der Waals surface area contributed by atoms with Crippen molar-refractivity contribution in [3.05, 3.63) is 29.8 Å². The van der Waals surface area contributed by atoms with Gasteiger partial charge < -0.3 is 10.6 Å². The van der Waals surface area contributed by atoms with E-state index in [1.54, 1.807) is 0 Å². The number of nitrogens with two attached hydrogens (primary N) is 1. The Morgan fingerprint density at radius 3 is 2.53 bits per heavy atom. The number of hydrogen-bond acceptors (Lipinski definition) is 5. The SMILES string of the molecule is Cc1ccccc1-c1nc(N)nc(N2CCCC2)n1. The molecule has 0 spiro atoms. The van der Waals surface area contributed by atoms with Crippen molar-refractivity contribution in [2.45, 2.75) is 19.8 Å². The van der Waals surface area contributed by atoms with Crippen LogP contribution in [0.1, 0.15) is 18.4 Å². The largest absolute Gasteiger partial charge is 0.368 e. The first-order valence-corrected chi connectivity index (χ1v) is 6.56. The molecule has 19 heavy (non-hydrogen) atoms. The summed E-state index contributed by atoms with van der Waals surface area (Å²) >= 11 is 0. The van der Waals surface area contributed by atoms with Gasteiger partial charge in [0.2, 0.25) is 11.9 Å². The van der Waals surface area contributed by atoms with Gasteiger partial charge in [-0.25, -0.2) is 0 Å². The molecular formula is C14H17N5. The summed E-state index contributed by atoms with van der Waals surface area (Å²) in [7, 11) is 0. The Morgan fingerprint density at radius 1 is 1.05 bits per heavy atom. The van der Waals surface area contributed by atoms with E-state index in [-0.39, 0.29) is 5.95 Å². The summed E-state index contributed by atoms with van der Waals surface area (Å²) in [6, 6.07) is 8.05. The zero-order valence-corrected chi connectivity index (χ0v) is 11.0. The molecule has 2 N–H and O–H groups in total. The average Bonchev–Trinajstić information content (AvgIpc) is 2.92. The molecule has 2 heterocycles. The lowest BCUT2D eigenvalue weighted by Gasteiger charge is -2.16. The van der Waals surface area contributed by atoms with Crippen LogP contribution in [0, 0.1) is 6.92 Å². The second-order valence-corrected chi connectivity index (χ2v) is 4.83. The molecule has 0 aliphatic carbocycles. The van der Waals surface area contributed by atoms with Crippen LogP contribution in [-0.4, -0.2) is 28.0 Å². The monoisotopic (exact) mass is 255 g/mol. The van der Waals surface area contributed by atoms with Crippen molar-refractivity contribution in [3.8, 4) is 11.4 Å². The third-order valence-electron chi connectivity index (χ3n) is 3.42. The molecular weight excluding hydrogens is 238 g/mol. The van der Waals surface area contributed by atoms with E-state index in [4.69, 9.17) is 5.73 Å². The summed E-state index contributed by atoms with van der Waals surface area (Å²) in [5, 5.41) is 0. The van der Waals surface area contributed by atoms with E-state index < -0.39 is 0 Å². The fourth-order valence-corrected chi connectivity index (χ4v) is 2.38. The molecule has 3 rings (SSSR count). The molecule has 1 saturated heterocycles. The molecule has 0 bridgehead atoms. The van der Waals surface area contributed by atoms with E-state index in [1.807, 2.05) is 31.2 Å². The highest BCUT2D eigenvalue weighted by molar-refractivity contribution is 5.61. The van der Waals surface area contributed by atoms with Crippen molar-refractivity contribution < 1.29 is 0 Å². The highest BCUT2D eigenvalue weighted by Crippen LogP contribution is 2.23. The molecule has 0 saturated carbocycles. The van der Waals surface area contributed by atoms with Crippen molar-refractivity contribution in [1.29, 1.82) is 0 Å². The van der Waals surface area contributed by atoms with Gasteiger partial charge in [-0.2, -0.15) is 15.0 Å². The molecule has 5 nitrogen and oxygen atoms in total. The van der Waals surface area contributed by atoms with Crippen LogP contribution in [0.4, 0.5) is 11.9 Å². The van der Waals surface area contributed by atoms with Gasteiger partial charge in [-0.15, -0.1) is 0 Å². The normalized spacial score (nSPS) is 14.9. The lowest BCUT2D eigenvalue weighted by molar-refractivity contribution is 0.887. The second-order valence-electron chi connectivity index (χ2n) is 4.83. The fraction of sp³-hybridized carbons (Fsp3) is 0.357. The zero-order valence-electron chi connectivity index (χ0n) is 11.0. The van der Waals surface area contributed by atoms with Crippen LogP contribution in [0.5, 0.6) is 0 Å². The Hall–Kier alpha value is -2.17. The maximum absolute atomic E-state index is 5.83. The first-order chi connectivity index (χ1) is 9.24. The highest BCUT2D eigenvalue weighted by Gasteiger charge is 2.17. The predicted molar refractivity (Wildman–Crippen MR) is 75.9 cm³/mol. The number of hydrogen-bond donors (Lipinski definition) is 1. The van der Waals surface area contributed by atoms with Crippen molar-refractivity contribution >= 4 is 11.9 Å². The minimum absolute atomic E-state index is 0.287. The van der Waals surface area contributed by atoms with E-state index in [1.165, 1.54) is 12.8 Å². The molecule has 2 aromatic rings. The first kappa shape index (κ1) is 11.9. The van der Waals surface area contributed by atoms with Crippen LogP contribution in [-0.2, 0) is 0 Å². The molecule has 0 unspecified atom stereocenters. The number of aryl methyl sites for hydroxylation is 1. The van der Waals surface area contributed by atoms with Gasteiger partial charge in [0, 0.05) is 18.7 Å². The van der Waals surface area contributed by atoms with E-state index in [9.17, 15) is 0 Å². The number of aromatic nitrogens is 3. The molecule has 1 aliphatic rings. The van der Waals surface area contributed by atoms with E-state index in [2.05, 4.69) is 19.9 Å². The standard InChI is InChI=1S/C14H17N5/c1-10-6-2-3-7-11(10)12-16-13(15)18-14(17-12)19-8-4-5-9-19/h2-3,6-7H,4-5,8-9H2,1H3,(H2,15,16,17,18). The summed E-state index contributed by atoms with van der Waals surface area (Å²) in [4.78, 5) is 15.3. The quantitative estimate of drug-likeness (QED) is 0.889. The topological polar surface area (TPSA) is 67.9 Å². The Labute approximate surface area is 112 Å². The lowest BCUT2D eigenvalue weighted by Crippen LogP contribution is -2.21. The lowest BCUT2D eigenvalue weighted by atomic mass is 10.1. The third kappa shape index (κ3) is 2.36. The van der Waals surface area contributed by atoms with Gasteiger partial charge >= 0.3 is 0 Å². The third-order valence-corrected chi connectivity index (χ3v) is 3.42. The van der Waals surface area contributed by atoms with Crippen molar-refractivity contribution in [2.24, 2.45) is 0 Å². The maximum atomic E-state index is 5.83. The Balaban J connectivity index is 2.04. The van der Waals surface area contributed by atoms with E-state index in [0.717, 1.165) is 24.2 Å². The van der Waals surface area contributed by atoms with Gasteiger partial charge in [0.15, 0.2) is 5.82 Å². The van der Waals surface area contributed by atoms with E-state index >= 15 is 0 Å². The van der Waals surface area contributed by atoms with Gasteiger partial charge in [0.05, 0.1) is 0 Å². The number of benzene rings is 1. The van der Waals surface area contributed by atoms with Crippen LogP contribution in [0.15, 0.2) is 24.3 Å². The summed E-state index contributed by atoms with van der Waals surface area (Å²) in [6.07, 6.45) is 2.37. The van der Waals surface area contributed by atoms with Gasteiger partial charge in [0.1, 0.15) is 0 Å². The molecule has 0 radical (unpaired) electrons. The van der Waals surface area contributed by atoms with Crippen molar-refractivity contribution in [3.63, 3.8) is 0 Å². The van der Waals surface area contributed by atoms with Gasteiger partial charge in [0.25, 0.3) is 0 Å². The van der Waals surface area contributed by atoms with Gasteiger partial charge in [-0.05, 0) is 25.3 Å². The molecule has 0 atom stereocenters. The molecule has 1 aromatic heterocycles. The van der Waals surface area contributed by atoms with Crippen molar-refractivity contribution in [1.82, 2.24) is 15.0 Å². The van der Waals surface area contributed by atoms with Gasteiger partial charge in [-0.3, -0.25) is 0 Å². The molecule has 5 heteroatoms. The summed E-state index contributed by atoms with van der Waals surface area (Å²) in [5.41, 5.74) is 7.98. The van der Waals surface area contributed by atoms with Crippen LogP contribution < -0.4 is 10.6 Å². The van der Waals surface area contributed by atoms with Crippen LogP contribution >= 0.6 is 0 Å². The summed E-state index contributed by atoms with van der Waals surface area (Å²) in [6.45, 7) is 4.04. The Bertz CT molecular complexity index is 590. The number of nitrogens with zero attached hydrogens (tertiary/aromatic N) is 4. The average molecular weight is 255 g/mol. The minimum Gasteiger partial charge on any atom is -0.368 e. The molecule has 98 valence electrons. The maximum Gasteiger partial charge on any atom is 0.230 e. The van der Waals surface area contributed by atoms with E-state index in [0.29, 0.717) is 11.8 Å². The van der Waals surface area contributed by atoms with Crippen LogP contribution in [0.2, 0.25) is 0 Å². The molecule has 1 aliphatic heterocycles. The number of nitrogen functional groups attached to an aromatic ring is 1. The second kappa shape index (κ2) is 4.84. The molecule has 1 fully saturated rings. The molecule has 1 aromatic carbocycles.